The van der Waals surface area contributed by atoms with Crippen molar-refractivity contribution in [1.82, 2.24) is 4.90 Å². The van der Waals surface area contributed by atoms with E-state index < -0.39 is 17.7 Å². The summed E-state index contributed by atoms with van der Waals surface area (Å²) in [6, 6.07) is 5.73. The van der Waals surface area contributed by atoms with Gasteiger partial charge in [-0.15, -0.1) is 0 Å². The predicted molar refractivity (Wildman–Crippen MR) is 83.9 cm³/mol. The number of halogens is 1. The number of hydrogen-bond donors (Lipinski definition) is 1. The summed E-state index contributed by atoms with van der Waals surface area (Å²) < 4.78 is 18.3. The van der Waals surface area contributed by atoms with Gasteiger partial charge >= 0.3 is 5.97 Å². The minimum Gasteiger partial charge on any atom is -0.463 e. The van der Waals surface area contributed by atoms with Crippen molar-refractivity contribution in [1.29, 1.82) is 0 Å². The van der Waals surface area contributed by atoms with E-state index in [1.165, 1.54) is 29.2 Å². The number of ether oxygens (including phenoxy) is 1. The molecule has 0 aliphatic carbocycles. The molecule has 1 saturated heterocycles. The van der Waals surface area contributed by atoms with Crippen LogP contribution in [0.25, 0.3) is 0 Å². The molecule has 0 aromatic heterocycles. The van der Waals surface area contributed by atoms with Gasteiger partial charge in [0.2, 0.25) is 11.8 Å². The number of carbonyl (C=O) groups excluding carboxylic acids is 3. The molecular formula is C15H15FN2O4S. The zero-order valence-electron chi connectivity index (χ0n) is 12.4. The molecule has 6 nitrogen and oxygen atoms in total. The standard InChI is InChI=1S/C15H15FN2O4S/c1-2-22-15(21)7-14-18(13(20)9-23-14)8-12(19)17-11-6-4-3-5-10(11)16/h3-7H,2,8-9H2,1H3,(H,17,19)/b14-7-. The Morgan fingerprint density at radius 1 is 1.43 bits per heavy atom. The topological polar surface area (TPSA) is 75.7 Å². The summed E-state index contributed by atoms with van der Waals surface area (Å²) in [4.78, 5) is 36.5. The Bertz CT molecular complexity index is 663. The van der Waals surface area contributed by atoms with Crippen molar-refractivity contribution in [2.45, 2.75) is 6.92 Å². The smallest absolute Gasteiger partial charge is 0.333 e. The quantitative estimate of drug-likeness (QED) is 0.654. The summed E-state index contributed by atoms with van der Waals surface area (Å²) in [5.41, 5.74) is 0.0349. The SMILES string of the molecule is CCOC(=O)/C=C1\SCC(=O)N1CC(=O)Nc1ccccc1F. The first-order chi connectivity index (χ1) is 11.0. The van der Waals surface area contributed by atoms with Crippen molar-refractivity contribution < 1.29 is 23.5 Å². The van der Waals surface area contributed by atoms with E-state index in [0.29, 0.717) is 5.03 Å². The Morgan fingerprint density at radius 2 is 2.17 bits per heavy atom. The predicted octanol–water partition coefficient (Wildman–Crippen LogP) is 1.74. The van der Waals surface area contributed by atoms with Crippen LogP contribution in [-0.4, -0.2) is 41.6 Å². The summed E-state index contributed by atoms with van der Waals surface area (Å²) in [6.07, 6.45) is 1.18. The van der Waals surface area contributed by atoms with Gasteiger partial charge in [0.1, 0.15) is 12.4 Å². The van der Waals surface area contributed by atoms with Gasteiger partial charge in [0.25, 0.3) is 0 Å². The molecule has 1 fully saturated rings. The van der Waals surface area contributed by atoms with Crippen molar-refractivity contribution >= 4 is 35.2 Å². The lowest BCUT2D eigenvalue weighted by Gasteiger charge is -2.16. The van der Waals surface area contributed by atoms with E-state index in [1.807, 2.05) is 0 Å². The van der Waals surface area contributed by atoms with Crippen molar-refractivity contribution in [2.24, 2.45) is 0 Å². The lowest BCUT2D eigenvalue weighted by Crippen LogP contribution is -2.34. The number of rotatable bonds is 5. The number of nitrogens with one attached hydrogen (secondary N) is 1. The van der Waals surface area contributed by atoms with E-state index in [4.69, 9.17) is 4.74 Å². The summed E-state index contributed by atoms with van der Waals surface area (Å²) in [6.45, 7) is 1.59. The van der Waals surface area contributed by atoms with Crippen molar-refractivity contribution in [3.05, 3.63) is 41.2 Å². The van der Waals surface area contributed by atoms with Crippen LogP contribution in [-0.2, 0) is 19.1 Å². The monoisotopic (exact) mass is 338 g/mol. The minimum atomic E-state index is -0.579. The Morgan fingerprint density at radius 3 is 2.87 bits per heavy atom. The fourth-order valence-electron chi connectivity index (χ4n) is 1.88. The Hall–Kier alpha value is -2.35. The Kier molecular flexibility index (Phi) is 5.75. The van der Waals surface area contributed by atoms with Crippen molar-refractivity contribution in [3.63, 3.8) is 0 Å². The zero-order valence-corrected chi connectivity index (χ0v) is 13.2. The van der Waals surface area contributed by atoms with Crippen LogP contribution in [0.4, 0.5) is 10.1 Å². The highest BCUT2D eigenvalue weighted by Crippen LogP contribution is 2.28. The zero-order chi connectivity index (χ0) is 16.8. The maximum absolute atomic E-state index is 13.5. The molecule has 1 heterocycles. The molecule has 0 unspecified atom stereocenters. The number of esters is 1. The minimum absolute atomic E-state index is 0.0349. The molecule has 0 saturated carbocycles. The molecule has 0 radical (unpaired) electrons. The largest absolute Gasteiger partial charge is 0.463 e. The molecule has 122 valence electrons. The number of hydrogen-bond acceptors (Lipinski definition) is 5. The number of anilines is 1. The molecular weight excluding hydrogens is 323 g/mol. The third-order valence-corrected chi connectivity index (χ3v) is 3.91. The summed E-state index contributed by atoms with van der Waals surface area (Å²) in [5.74, 6) is -1.86. The number of thioether (sulfide) groups is 1. The first-order valence-corrected chi connectivity index (χ1v) is 7.85. The fraction of sp³-hybridized carbons (Fsp3) is 0.267. The van der Waals surface area contributed by atoms with Gasteiger partial charge < -0.3 is 10.1 Å². The number of benzene rings is 1. The first kappa shape index (κ1) is 17.0. The van der Waals surface area contributed by atoms with Gasteiger partial charge in [-0.1, -0.05) is 23.9 Å². The molecule has 23 heavy (non-hydrogen) atoms. The van der Waals surface area contributed by atoms with E-state index in [2.05, 4.69) is 5.32 Å². The fourth-order valence-corrected chi connectivity index (χ4v) is 2.81. The lowest BCUT2D eigenvalue weighted by atomic mass is 10.3. The van der Waals surface area contributed by atoms with Crippen LogP contribution in [0.15, 0.2) is 35.4 Å². The second kappa shape index (κ2) is 7.77. The van der Waals surface area contributed by atoms with Gasteiger partial charge in [0.15, 0.2) is 0 Å². The Balaban J connectivity index is 2.04. The second-order valence-corrected chi connectivity index (χ2v) is 5.53. The van der Waals surface area contributed by atoms with Crippen LogP contribution in [0.2, 0.25) is 0 Å². The molecule has 0 atom stereocenters. The molecule has 1 aromatic rings. The van der Waals surface area contributed by atoms with Gasteiger partial charge in [-0.05, 0) is 19.1 Å². The highest BCUT2D eigenvalue weighted by atomic mass is 32.2. The van der Waals surface area contributed by atoms with E-state index in [0.717, 1.165) is 11.8 Å². The van der Waals surface area contributed by atoms with Crippen LogP contribution < -0.4 is 5.32 Å². The highest BCUT2D eigenvalue weighted by molar-refractivity contribution is 8.04. The van der Waals surface area contributed by atoms with Crippen LogP contribution in [0.3, 0.4) is 0 Å². The molecule has 1 aliphatic heterocycles. The van der Waals surface area contributed by atoms with E-state index >= 15 is 0 Å². The molecule has 8 heteroatoms. The number of nitrogens with zero attached hydrogens (tertiary/aromatic N) is 1. The van der Waals surface area contributed by atoms with Crippen molar-refractivity contribution in [3.8, 4) is 0 Å². The van der Waals surface area contributed by atoms with Crippen LogP contribution >= 0.6 is 11.8 Å². The molecule has 2 rings (SSSR count). The van der Waals surface area contributed by atoms with E-state index in [9.17, 15) is 18.8 Å². The van der Waals surface area contributed by atoms with Crippen LogP contribution in [0.5, 0.6) is 0 Å². The van der Waals surface area contributed by atoms with Gasteiger partial charge in [-0.3, -0.25) is 14.5 Å². The lowest BCUT2D eigenvalue weighted by molar-refractivity contribution is -0.137. The summed E-state index contributed by atoms with van der Waals surface area (Å²) in [5, 5.41) is 2.74. The van der Waals surface area contributed by atoms with Gasteiger partial charge in [-0.25, -0.2) is 9.18 Å². The van der Waals surface area contributed by atoms with Gasteiger partial charge in [0, 0.05) is 0 Å². The van der Waals surface area contributed by atoms with Crippen LogP contribution in [0, 0.1) is 5.82 Å². The van der Waals surface area contributed by atoms with Crippen LogP contribution in [0.1, 0.15) is 6.92 Å². The Labute approximate surface area is 136 Å². The third-order valence-electron chi connectivity index (χ3n) is 2.89. The van der Waals surface area contributed by atoms with Gasteiger partial charge in [-0.2, -0.15) is 0 Å². The average molecular weight is 338 g/mol. The summed E-state index contributed by atoms with van der Waals surface area (Å²) >= 11 is 1.15. The maximum atomic E-state index is 13.5. The molecule has 0 spiro atoms. The molecule has 1 N–H and O–H groups in total. The summed E-state index contributed by atoms with van der Waals surface area (Å²) in [7, 11) is 0. The second-order valence-electron chi connectivity index (χ2n) is 4.53. The third kappa shape index (κ3) is 4.56. The maximum Gasteiger partial charge on any atom is 0.333 e. The molecule has 1 aromatic carbocycles. The molecule has 2 amide bonds. The first-order valence-electron chi connectivity index (χ1n) is 6.87. The molecule has 0 bridgehead atoms. The number of para-hydroxylation sites is 1. The van der Waals surface area contributed by atoms with E-state index in [-0.39, 0.29) is 30.5 Å². The number of carbonyl (C=O) groups is 3. The molecule has 1 aliphatic rings. The van der Waals surface area contributed by atoms with Crippen molar-refractivity contribution in [2.75, 3.05) is 24.2 Å². The number of amides is 2. The highest BCUT2D eigenvalue weighted by Gasteiger charge is 2.29. The average Bonchev–Trinajstić information content (AvgIpc) is 2.83. The van der Waals surface area contributed by atoms with Gasteiger partial charge in [0.05, 0.1) is 29.2 Å². The normalized spacial score (nSPS) is 15.8. The van der Waals surface area contributed by atoms with E-state index in [1.54, 1.807) is 13.0 Å².